The fourth-order valence-corrected chi connectivity index (χ4v) is 4.74. The molecule has 1 aromatic heterocycles. The van der Waals surface area contributed by atoms with Crippen molar-refractivity contribution in [3.05, 3.63) is 64.1 Å². The van der Waals surface area contributed by atoms with E-state index >= 15 is 0 Å². The van der Waals surface area contributed by atoms with Crippen molar-refractivity contribution in [3.63, 3.8) is 0 Å². The molecule has 3 nitrogen and oxygen atoms in total. The minimum atomic E-state index is -0.480. The van der Waals surface area contributed by atoms with Crippen LogP contribution in [0.4, 0.5) is 0 Å². The van der Waals surface area contributed by atoms with Crippen molar-refractivity contribution in [3.8, 4) is 0 Å². The maximum absolute atomic E-state index is 10.5. The van der Waals surface area contributed by atoms with Gasteiger partial charge in [0.1, 0.15) is 0 Å². The Bertz CT molecular complexity index is 815. The Hall–Kier alpha value is -1.46. The Balaban J connectivity index is 1.44. The number of aromatic nitrogens is 1. The number of rotatable bonds is 4. The summed E-state index contributed by atoms with van der Waals surface area (Å²) in [5.74, 6) is 0.462. The Morgan fingerprint density at radius 3 is 2.80 bits per heavy atom. The number of hydrogen-bond donors (Lipinski definition) is 1. The third-order valence-electron chi connectivity index (χ3n) is 4.85. The van der Waals surface area contributed by atoms with Crippen LogP contribution in [0.1, 0.15) is 35.4 Å². The molecule has 0 radical (unpaired) electrons. The summed E-state index contributed by atoms with van der Waals surface area (Å²) in [6.45, 7) is 2.65. The van der Waals surface area contributed by atoms with Gasteiger partial charge in [-0.1, -0.05) is 35.9 Å². The van der Waals surface area contributed by atoms with Crippen molar-refractivity contribution in [1.29, 1.82) is 0 Å². The van der Waals surface area contributed by atoms with Gasteiger partial charge in [0, 0.05) is 24.0 Å². The van der Waals surface area contributed by atoms with Gasteiger partial charge in [-0.3, -0.25) is 4.90 Å². The normalized spacial score (nSPS) is 20.0. The van der Waals surface area contributed by atoms with Gasteiger partial charge in [-0.2, -0.15) is 0 Å². The van der Waals surface area contributed by atoms with Crippen LogP contribution in [-0.2, 0) is 0 Å². The van der Waals surface area contributed by atoms with Gasteiger partial charge in [0.15, 0.2) is 0 Å². The lowest BCUT2D eigenvalue weighted by molar-refractivity contribution is 0.0955. The minimum absolute atomic E-state index is 0.462. The summed E-state index contributed by atoms with van der Waals surface area (Å²) in [5.41, 5.74) is 2.02. The molecule has 130 valence electrons. The molecule has 5 heteroatoms. The zero-order valence-corrected chi connectivity index (χ0v) is 15.5. The Morgan fingerprint density at radius 2 is 2.00 bits per heavy atom. The first-order chi connectivity index (χ1) is 12.2. The molecular formula is C20H21ClN2OS. The van der Waals surface area contributed by atoms with Gasteiger partial charge in [-0.15, -0.1) is 11.3 Å². The number of nitrogens with zero attached hydrogens (tertiary/aromatic N) is 2. The molecule has 0 saturated carbocycles. The van der Waals surface area contributed by atoms with Crippen molar-refractivity contribution >= 4 is 33.2 Å². The van der Waals surface area contributed by atoms with Crippen molar-refractivity contribution in [2.45, 2.75) is 24.9 Å². The molecule has 1 aliphatic heterocycles. The maximum Gasteiger partial charge on any atom is 0.0982 e. The van der Waals surface area contributed by atoms with Crippen LogP contribution in [0.25, 0.3) is 10.2 Å². The van der Waals surface area contributed by atoms with E-state index in [4.69, 9.17) is 16.6 Å². The fraction of sp³-hybridized carbons (Fsp3) is 0.350. The van der Waals surface area contributed by atoms with E-state index in [1.165, 1.54) is 16.1 Å². The highest BCUT2D eigenvalue weighted by Gasteiger charge is 2.25. The number of para-hydroxylation sites is 1. The minimum Gasteiger partial charge on any atom is -0.387 e. The molecule has 2 aromatic carbocycles. The first kappa shape index (κ1) is 17.0. The molecule has 0 bridgehead atoms. The Morgan fingerprint density at radius 1 is 1.20 bits per heavy atom. The van der Waals surface area contributed by atoms with Crippen LogP contribution >= 0.6 is 22.9 Å². The van der Waals surface area contributed by atoms with E-state index in [0.717, 1.165) is 30.6 Å². The smallest absolute Gasteiger partial charge is 0.0982 e. The molecule has 3 aromatic rings. The predicted molar refractivity (Wildman–Crippen MR) is 104 cm³/mol. The van der Waals surface area contributed by atoms with Gasteiger partial charge in [0.25, 0.3) is 0 Å². The molecule has 1 N–H and O–H groups in total. The van der Waals surface area contributed by atoms with E-state index in [9.17, 15) is 5.11 Å². The third kappa shape index (κ3) is 3.87. The lowest BCUT2D eigenvalue weighted by atomic mass is 9.98. The summed E-state index contributed by atoms with van der Waals surface area (Å²) in [7, 11) is 0. The van der Waals surface area contributed by atoms with E-state index in [1.807, 2.05) is 41.7 Å². The van der Waals surface area contributed by atoms with Crippen molar-refractivity contribution in [2.24, 2.45) is 0 Å². The van der Waals surface area contributed by atoms with Gasteiger partial charge < -0.3 is 5.11 Å². The largest absolute Gasteiger partial charge is 0.387 e. The molecule has 1 saturated heterocycles. The zero-order valence-electron chi connectivity index (χ0n) is 13.9. The number of aliphatic hydroxyl groups excluding tert-OH is 1. The third-order valence-corrected chi connectivity index (χ3v) is 6.30. The first-order valence-corrected chi connectivity index (χ1v) is 9.90. The summed E-state index contributed by atoms with van der Waals surface area (Å²) >= 11 is 7.74. The number of fused-ring (bicyclic) bond motifs is 1. The average molecular weight is 373 g/mol. The van der Waals surface area contributed by atoms with Crippen LogP contribution in [-0.4, -0.2) is 34.6 Å². The summed E-state index contributed by atoms with van der Waals surface area (Å²) in [5, 5.41) is 12.5. The van der Waals surface area contributed by atoms with Gasteiger partial charge in [-0.25, -0.2) is 4.98 Å². The molecular weight excluding hydrogens is 352 g/mol. The van der Waals surface area contributed by atoms with Crippen molar-refractivity contribution in [1.82, 2.24) is 9.88 Å². The predicted octanol–water partition coefficient (Wildman–Crippen LogP) is 4.86. The number of hydrogen-bond acceptors (Lipinski definition) is 4. The lowest BCUT2D eigenvalue weighted by Gasteiger charge is -2.33. The summed E-state index contributed by atoms with van der Waals surface area (Å²) in [6.07, 6.45) is 1.84. The molecule has 0 aliphatic carbocycles. The van der Waals surface area contributed by atoms with Gasteiger partial charge >= 0.3 is 0 Å². The molecule has 1 aliphatic rings. The number of likely N-dealkylation sites (tertiary alicyclic amines) is 1. The van der Waals surface area contributed by atoms with Gasteiger partial charge in [-0.05, 0) is 49.2 Å². The van der Waals surface area contributed by atoms with Crippen LogP contribution in [0.3, 0.4) is 0 Å². The maximum atomic E-state index is 10.5. The summed E-state index contributed by atoms with van der Waals surface area (Å²) < 4.78 is 1.26. The fourth-order valence-electron chi connectivity index (χ4n) is 3.52. The van der Waals surface area contributed by atoms with Crippen LogP contribution in [0, 0.1) is 0 Å². The molecule has 4 rings (SSSR count). The average Bonchev–Trinajstić information content (AvgIpc) is 3.07. The first-order valence-electron chi connectivity index (χ1n) is 8.70. The second kappa shape index (κ2) is 7.42. The second-order valence-corrected chi connectivity index (χ2v) is 8.18. The van der Waals surface area contributed by atoms with Gasteiger partial charge in [0.05, 0.1) is 21.3 Å². The number of piperidine rings is 1. The number of aliphatic hydroxyl groups is 1. The number of thiazole rings is 1. The van der Waals surface area contributed by atoms with Gasteiger partial charge in [0.2, 0.25) is 0 Å². The van der Waals surface area contributed by atoms with E-state index in [0.29, 0.717) is 17.5 Å². The zero-order chi connectivity index (χ0) is 17.2. The van der Waals surface area contributed by atoms with Crippen molar-refractivity contribution < 1.29 is 5.11 Å². The molecule has 2 atom stereocenters. The molecule has 2 heterocycles. The highest BCUT2D eigenvalue weighted by atomic mass is 35.5. The van der Waals surface area contributed by atoms with Crippen LogP contribution in [0.15, 0.2) is 48.5 Å². The van der Waals surface area contributed by atoms with E-state index in [2.05, 4.69) is 23.1 Å². The topological polar surface area (TPSA) is 36.4 Å². The molecule has 0 unspecified atom stereocenters. The highest BCUT2D eigenvalue weighted by Crippen LogP contribution is 2.33. The monoisotopic (exact) mass is 372 g/mol. The van der Waals surface area contributed by atoms with Crippen LogP contribution in [0.2, 0.25) is 5.02 Å². The SMILES string of the molecule is O[C@H](CN1CCC[C@@H](c2nc3ccccc3s2)C1)c1ccc(Cl)cc1. The lowest BCUT2D eigenvalue weighted by Crippen LogP contribution is -2.37. The quantitative estimate of drug-likeness (QED) is 0.710. The molecule has 25 heavy (non-hydrogen) atoms. The number of halogens is 1. The Labute approximate surface area is 156 Å². The summed E-state index contributed by atoms with van der Waals surface area (Å²) in [4.78, 5) is 7.19. The Kier molecular flexibility index (Phi) is 5.04. The molecule has 0 amide bonds. The highest BCUT2D eigenvalue weighted by molar-refractivity contribution is 7.18. The number of β-amino-alcohol motifs (C(OH)–C–C–N with tert-alkyl or cyclic N) is 1. The van der Waals surface area contributed by atoms with E-state index in [1.54, 1.807) is 0 Å². The number of benzene rings is 2. The second-order valence-electron chi connectivity index (χ2n) is 6.69. The standard InChI is InChI=1S/C20H21ClN2OS/c21-16-9-7-14(8-10-16)18(24)13-23-11-3-4-15(12-23)20-22-17-5-1-2-6-19(17)25-20/h1-2,5-10,15,18,24H,3-4,11-13H2/t15-,18-/m1/s1. The molecule has 0 spiro atoms. The summed E-state index contributed by atoms with van der Waals surface area (Å²) in [6, 6.07) is 15.8. The van der Waals surface area contributed by atoms with E-state index < -0.39 is 6.10 Å². The van der Waals surface area contributed by atoms with E-state index in [-0.39, 0.29) is 0 Å². The van der Waals surface area contributed by atoms with Crippen molar-refractivity contribution in [2.75, 3.05) is 19.6 Å². The molecule has 1 fully saturated rings. The van der Waals surface area contributed by atoms with Crippen LogP contribution < -0.4 is 0 Å². The van der Waals surface area contributed by atoms with Crippen LogP contribution in [0.5, 0.6) is 0 Å².